The van der Waals surface area contributed by atoms with Gasteiger partial charge in [-0.3, -0.25) is 0 Å². The molecule has 1 unspecified atom stereocenters. The fraction of sp³-hybridized carbons (Fsp3) is 0.800. The quantitative estimate of drug-likeness (QED) is 0.265. The van der Waals surface area contributed by atoms with Crippen molar-refractivity contribution in [3.8, 4) is 0 Å². The Balaban J connectivity index is 0.00000288. The van der Waals surface area contributed by atoms with Crippen LogP contribution in [0.5, 0.6) is 0 Å². The second-order valence-corrected chi connectivity index (χ2v) is 5.57. The van der Waals surface area contributed by atoms with Crippen LogP contribution in [0.25, 0.3) is 0 Å². The number of hydrogen-bond donors (Lipinski definition) is 2. The second-order valence-electron chi connectivity index (χ2n) is 5.57. The van der Waals surface area contributed by atoms with Crippen LogP contribution >= 0.6 is 24.0 Å². The minimum atomic E-state index is 0. The van der Waals surface area contributed by atoms with E-state index in [1.807, 2.05) is 25.5 Å². The van der Waals surface area contributed by atoms with E-state index in [1.165, 1.54) is 0 Å². The number of guanidine groups is 1. The number of halogens is 1. The molecule has 0 amide bonds. The molecule has 1 aliphatic rings. The summed E-state index contributed by atoms with van der Waals surface area (Å²) in [7, 11) is 1.95. The molecule has 0 saturated carbocycles. The molecule has 8 nitrogen and oxygen atoms in total. The number of hydrogen-bond acceptors (Lipinski definition) is 5. The van der Waals surface area contributed by atoms with Crippen molar-refractivity contribution in [1.29, 1.82) is 0 Å². The summed E-state index contributed by atoms with van der Waals surface area (Å²) in [4.78, 5) is 4.62. The first-order valence-electron chi connectivity index (χ1n) is 8.26. The van der Waals surface area contributed by atoms with Crippen LogP contribution in [0.3, 0.4) is 0 Å². The normalized spacial score (nSPS) is 17.6. The van der Waals surface area contributed by atoms with Crippen molar-refractivity contribution in [3.05, 3.63) is 11.6 Å². The molecule has 1 aromatic heterocycles. The summed E-state index contributed by atoms with van der Waals surface area (Å²) in [5.41, 5.74) is 0. The van der Waals surface area contributed by atoms with Crippen molar-refractivity contribution in [1.82, 2.24) is 25.4 Å². The highest BCUT2D eigenvalue weighted by atomic mass is 127. The highest BCUT2D eigenvalue weighted by molar-refractivity contribution is 14.0. The average molecular weight is 452 g/mol. The summed E-state index contributed by atoms with van der Waals surface area (Å²) in [5.74, 6) is 2.52. The van der Waals surface area contributed by atoms with Crippen molar-refractivity contribution in [3.63, 3.8) is 0 Å². The SMILES string of the molecule is CCOCCCNC(=NCc1nnc(C)n1C)NC1CCOC1.I. The number of nitrogens with zero attached hydrogens (tertiary/aromatic N) is 4. The van der Waals surface area contributed by atoms with Gasteiger partial charge in [0.25, 0.3) is 0 Å². The van der Waals surface area contributed by atoms with E-state index >= 15 is 0 Å². The zero-order chi connectivity index (χ0) is 16.5. The van der Waals surface area contributed by atoms with E-state index < -0.39 is 0 Å². The summed E-state index contributed by atoms with van der Waals surface area (Å²) in [5, 5.41) is 15.0. The molecule has 1 atom stereocenters. The highest BCUT2D eigenvalue weighted by Gasteiger charge is 2.16. The van der Waals surface area contributed by atoms with Gasteiger partial charge in [-0.05, 0) is 26.7 Å². The van der Waals surface area contributed by atoms with Gasteiger partial charge in [0.15, 0.2) is 11.8 Å². The maximum absolute atomic E-state index is 5.41. The first kappa shape index (κ1) is 21.1. The summed E-state index contributed by atoms with van der Waals surface area (Å²) in [6.07, 6.45) is 1.95. The molecule has 24 heavy (non-hydrogen) atoms. The van der Waals surface area contributed by atoms with Gasteiger partial charge in [-0.2, -0.15) is 0 Å². The number of aromatic nitrogens is 3. The van der Waals surface area contributed by atoms with Gasteiger partial charge in [-0.1, -0.05) is 0 Å². The van der Waals surface area contributed by atoms with Crippen LogP contribution in [0.2, 0.25) is 0 Å². The topological polar surface area (TPSA) is 85.6 Å². The minimum Gasteiger partial charge on any atom is -0.382 e. The standard InChI is InChI=1S/C15H28N6O2.HI/c1-4-22-8-5-7-16-15(18-13-6-9-23-11-13)17-10-14-20-19-12(2)21(14)3;/h13H,4-11H2,1-3H3,(H2,16,17,18);1H. The smallest absolute Gasteiger partial charge is 0.192 e. The molecule has 9 heteroatoms. The number of aryl methyl sites for hydroxylation is 1. The third-order valence-electron chi connectivity index (χ3n) is 3.79. The van der Waals surface area contributed by atoms with Gasteiger partial charge in [-0.25, -0.2) is 4.99 Å². The predicted octanol–water partition coefficient (Wildman–Crippen LogP) is 0.992. The molecule has 1 fully saturated rings. The molecule has 2 N–H and O–H groups in total. The Bertz CT molecular complexity index is 502. The van der Waals surface area contributed by atoms with Gasteiger partial charge in [0.2, 0.25) is 0 Å². The van der Waals surface area contributed by atoms with Crippen molar-refractivity contribution in [2.24, 2.45) is 12.0 Å². The molecule has 138 valence electrons. The molecule has 0 spiro atoms. The molecule has 0 radical (unpaired) electrons. The lowest BCUT2D eigenvalue weighted by Crippen LogP contribution is -2.44. The summed E-state index contributed by atoms with van der Waals surface area (Å²) < 4.78 is 12.7. The van der Waals surface area contributed by atoms with E-state index in [0.717, 1.165) is 63.4 Å². The van der Waals surface area contributed by atoms with E-state index in [1.54, 1.807) is 0 Å². The van der Waals surface area contributed by atoms with Crippen LogP contribution in [0.1, 0.15) is 31.4 Å². The van der Waals surface area contributed by atoms with Crippen LogP contribution < -0.4 is 10.6 Å². The van der Waals surface area contributed by atoms with E-state index in [0.29, 0.717) is 12.6 Å². The van der Waals surface area contributed by atoms with Crippen LogP contribution in [0.4, 0.5) is 0 Å². The largest absolute Gasteiger partial charge is 0.382 e. The van der Waals surface area contributed by atoms with Crippen molar-refractivity contribution < 1.29 is 9.47 Å². The second kappa shape index (κ2) is 11.6. The molecular weight excluding hydrogens is 423 g/mol. The number of aliphatic imine (C=N–C) groups is 1. The molecule has 1 aromatic rings. The van der Waals surface area contributed by atoms with Crippen molar-refractivity contribution in [2.45, 2.75) is 39.3 Å². The zero-order valence-electron chi connectivity index (χ0n) is 14.7. The van der Waals surface area contributed by atoms with Gasteiger partial charge in [0, 0.05) is 33.4 Å². The summed E-state index contributed by atoms with van der Waals surface area (Å²) in [6.45, 7) is 8.28. The molecule has 0 bridgehead atoms. The molecule has 2 heterocycles. The third kappa shape index (κ3) is 6.89. The minimum absolute atomic E-state index is 0. The lowest BCUT2D eigenvalue weighted by Gasteiger charge is -2.16. The molecular formula is C15H29IN6O2. The molecule has 0 aromatic carbocycles. The van der Waals surface area contributed by atoms with Gasteiger partial charge >= 0.3 is 0 Å². The Kier molecular flexibility index (Phi) is 10.2. The maximum atomic E-state index is 5.41. The van der Waals surface area contributed by atoms with E-state index in [4.69, 9.17) is 9.47 Å². The maximum Gasteiger partial charge on any atom is 0.192 e. The lowest BCUT2D eigenvalue weighted by atomic mass is 10.3. The Morgan fingerprint density at radius 2 is 2.29 bits per heavy atom. The molecule has 2 rings (SSSR count). The summed E-state index contributed by atoms with van der Waals surface area (Å²) >= 11 is 0. The number of nitrogens with one attached hydrogen (secondary N) is 2. The average Bonchev–Trinajstić information content (AvgIpc) is 3.16. The summed E-state index contributed by atoms with van der Waals surface area (Å²) in [6, 6.07) is 0.314. The highest BCUT2D eigenvalue weighted by Crippen LogP contribution is 2.04. The van der Waals surface area contributed by atoms with Crippen LogP contribution in [-0.2, 0) is 23.1 Å². The Hall–Kier alpha value is -0.940. The first-order valence-corrected chi connectivity index (χ1v) is 8.26. The van der Waals surface area contributed by atoms with Gasteiger partial charge in [-0.15, -0.1) is 34.2 Å². The number of ether oxygens (including phenoxy) is 2. The molecule has 1 aliphatic heterocycles. The molecule has 1 saturated heterocycles. The predicted molar refractivity (Wildman–Crippen MR) is 104 cm³/mol. The Morgan fingerprint density at radius 1 is 1.46 bits per heavy atom. The zero-order valence-corrected chi connectivity index (χ0v) is 17.1. The van der Waals surface area contributed by atoms with Gasteiger partial charge < -0.3 is 24.7 Å². The lowest BCUT2D eigenvalue weighted by molar-refractivity contribution is 0.145. The van der Waals surface area contributed by atoms with Crippen LogP contribution in [0, 0.1) is 6.92 Å². The van der Waals surface area contributed by atoms with Crippen LogP contribution in [0.15, 0.2) is 4.99 Å². The monoisotopic (exact) mass is 452 g/mol. The van der Waals surface area contributed by atoms with Gasteiger partial charge in [0.05, 0.1) is 12.6 Å². The Labute approximate surface area is 160 Å². The van der Waals surface area contributed by atoms with Crippen molar-refractivity contribution >= 4 is 29.9 Å². The fourth-order valence-electron chi connectivity index (χ4n) is 2.26. The van der Waals surface area contributed by atoms with Crippen LogP contribution in [-0.4, -0.2) is 59.7 Å². The Morgan fingerprint density at radius 3 is 2.92 bits per heavy atom. The fourth-order valence-corrected chi connectivity index (χ4v) is 2.26. The van der Waals surface area contributed by atoms with E-state index in [2.05, 4.69) is 25.8 Å². The third-order valence-corrected chi connectivity index (χ3v) is 3.79. The van der Waals surface area contributed by atoms with E-state index in [-0.39, 0.29) is 24.0 Å². The molecule has 0 aliphatic carbocycles. The van der Waals surface area contributed by atoms with E-state index in [9.17, 15) is 0 Å². The van der Waals surface area contributed by atoms with Crippen molar-refractivity contribution in [2.75, 3.05) is 33.0 Å². The van der Waals surface area contributed by atoms with Gasteiger partial charge in [0.1, 0.15) is 12.4 Å². The number of rotatable bonds is 8. The first-order chi connectivity index (χ1) is 11.2.